The third-order valence-electron chi connectivity index (χ3n) is 7.32. The van der Waals surface area contributed by atoms with Gasteiger partial charge in [0.1, 0.15) is 0 Å². The third-order valence-corrected chi connectivity index (χ3v) is 7.32. The van der Waals surface area contributed by atoms with Gasteiger partial charge in [-0.2, -0.15) is 5.01 Å². The van der Waals surface area contributed by atoms with E-state index in [-0.39, 0.29) is 30.1 Å². The fraction of sp³-hybridized carbons (Fsp3) is 0.286. The number of pyridine rings is 2. The zero-order valence-electron chi connectivity index (χ0n) is 21.2. The summed E-state index contributed by atoms with van der Waals surface area (Å²) in [5, 5.41) is 4.00. The lowest BCUT2D eigenvalue weighted by atomic mass is 10.0. The molecule has 198 valence electrons. The lowest BCUT2D eigenvalue weighted by Crippen LogP contribution is -2.58. The number of hydrazine groups is 1. The summed E-state index contributed by atoms with van der Waals surface area (Å²) >= 11 is 0. The number of hydrogen-bond donors (Lipinski definition) is 1. The molecule has 3 aromatic rings. The highest BCUT2D eigenvalue weighted by Gasteiger charge is 2.43. The molecule has 2 aromatic heterocycles. The van der Waals surface area contributed by atoms with Crippen molar-refractivity contribution in [1.82, 2.24) is 35.1 Å². The molecule has 5 amide bonds. The number of carbonyl (C=O) groups excluding carboxylic acids is 4. The topological polar surface area (TPSA) is 119 Å². The number of fused-ring (bicyclic) bond motifs is 1. The van der Waals surface area contributed by atoms with Crippen LogP contribution in [0.4, 0.5) is 4.79 Å². The number of nitrogens with one attached hydrogen (secondary N) is 1. The van der Waals surface area contributed by atoms with E-state index < -0.39 is 23.8 Å². The fourth-order valence-corrected chi connectivity index (χ4v) is 5.38. The first-order valence-corrected chi connectivity index (χ1v) is 12.9. The number of hydrogen-bond acceptors (Lipinski definition) is 8. The van der Waals surface area contributed by atoms with Crippen molar-refractivity contribution in [2.45, 2.75) is 19.0 Å². The van der Waals surface area contributed by atoms with Crippen LogP contribution in [0.3, 0.4) is 0 Å². The predicted octanol–water partition coefficient (Wildman–Crippen LogP) is 1.84. The van der Waals surface area contributed by atoms with Gasteiger partial charge in [-0.25, -0.2) is 9.80 Å². The van der Waals surface area contributed by atoms with Crippen LogP contribution in [0.15, 0.2) is 67.0 Å². The largest absolute Gasteiger partial charge is 0.343 e. The number of carbonyl (C=O) groups is 4. The molecule has 0 spiro atoms. The maximum absolute atomic E-state index is 13.1. The minimum atomic E-state index is -0.770. The SMILES string of the molecule is O=C1CCN(N2C(=O)c3ccc(CN4CCN(C(c5ccccn5)c5ccccn5)CC4)cc3C2=O)C(=O)N1. The van der Waals surface area contributed by atoms with Crippen molar-refractivity contribution in [3.63, 3.8) is 0 Å². The Labute approximate surface area is 225 Å². The fourth-order valence-electron chi connectivity index (χ4n) is 5.38. The molecule has 0 aliphatic carbocycles. The van der Waals surface area contributed by atoms with Crippen LogP contribution < -0.4 is 5.32 Å². The number of urea groups is 1. The van der Waals surface area contributed by atoms with Crippen molar-refractivity contribution in [2.24, 2.45) is 0 Å². The molecular formula is C28H27N7O4. The zero-order valence-corrected chi connectivity index (χ0v) is 21.2. The van der Waals surface area contributed by atoms with E-state index in [1.54, 1.807) is 24.5 Å². The molecule has 39 heavy (non-hydrogen) atoms. The number of rotatable bonds is 6. The Morgan fingerprint density at radius 2 is 1.44 bits per heavy atom. The molecule has 1 N–H and O–H groups in total. The molecule has 3 aliphatic heterocycles. The quantitative estimate of drug-likeness (QED) is 0.485. The number of nitrogens with zero attached hydrogens (tertiary/aromatic N) is 6. The van der Waals surface area contributed by atoms with E-state index in [4.69, 9.17) is 0 Å². The van der Waals surface area contributed by atoms with E-state index in [1.807, 2.05) is 42.5 Å². The van der Waals surface area contributed by atoms with E-state index in [2.05, 4.69) is 25.1 Å². The van der Waals surface area contributed by atoms with Crippen LogP contribution in [0.2, 0.25) is 0 Å². The molecule has 6 rings (SSSR count). The molecule has 1 aromatic carbocycles. The van der Waals surface area contributed by atoms with Gasteiger partial charge in [-0.05, 0) is 42.0 Å². The number of aromatic nitrogens is 2. The second-order valence-corrected chi connectivity index (χ2v) is 9.75. The number of benzene rings is 1. The van der Waals surface area contributed by atoms with Crippen molar-refractivity contribution < 1.29 is 19.2 Å². The smallest absolute Gasteiger partial charge is 0.297 e. The van der Waals surface area contributed by atoms with Gasteiger partial charge in [-0.15, -0.1) is 0 Å². The molecule has 0 radical (unpaired) electrons. The summed E-state index contributed by atoms with van der Waals surface area (Å²) in [5.41, 5.74) is 3.36. The van der Waals surface area contributed by atoms with Gasteiger partial charge in [-0.3, -0.25) is 39.5 Å². The minimum absolute atomic E-state index is 0.0226. The van der Waals surface area contributed by atoms with Gasteiger partial charge in [0.2, 0.25) is 5.91 Å². The van der Waals surface area contributed by atoms with Gasteiger partial charge in [0.05, 0.1) is 35.1 Å². The van der Waals surface area contributed by atoms with E-state index >= 15 is 0 Å². The summed E-state index contributed by atoms with van der Waals surface area (Å²) in [7, 11) is 0. The van der Waals surface area contributed by atoms with E-state index in [0.717, 1.165) is 53.1 Å². The Morgan fingerprint density at radius 1 is 0.769 bits per heavy atom. The van der Waals surface area contributed by atoms with Crippen LogP contribution in [-0.4, -0.2) is 86.3 Å². The Hall–Kier alpha value is -4.48. The lowest BCUT2D eigenvalue weighted by Gasteiger charge is -2.39. The molecule has 2 saturated heterocycles. The highest BCUT2D eigenvalue weighted by Crippen LogP contribution is 2.29. The number of amides is 5. The first-order valence-electron chi connectivity index (χ1n) is 12.9. The predicted molar refractivity (Wildman–Crippen MR) is 139 cm³/mol. The first kappa shape index (κ1) is 24.8. The van der Waals surface area contributed by atoms with Crippen LogP contribution in [-0.2, 0) is 11.3 Å². The van der Waals surface area contributed by atoms with Crippen LogP contribution in [0.25, 0.3) is 0 Å². The molecular weight excluding hydrogens is 498 g/mol. The minimum Gasteiger partial charge on any atom is -0.297 e. The monoisotopic (exact) mass is 525 g/mol. The van der Waals surface area contributed by atoms with Gasteiger partial charge in [0.15, 0.2) is 0 Å². The van der Waals surface area contributed by atoms with E-state index in [9.17, 15) is 19.2 Å². The van der Waals surface area contributed by atoms with Crippen molar-refractivity contribution in [2.75, 3.05) is 32.7 Å². The van der Waals surface area contributed by atoms with Gasteiger partial charge in [-0.1, -0.05) is 18.2 Å². The van der Waals surface area contributed by atoms with Gasteiger partial charge in [0.25, 0.3) is 11.8 Å². The Kier molecular flexibility index (Phi) is 6.59. The van der Waals surface area contributed by atoms with Gasteiger partial charge >= 0.3 is 6.03 Å². The van der Waals surface area contributed by atoms with Crippen molar-refractivity contribution in [3.05, 3.63) is 95.1 Å². The van der Waals surface area contributed by atoms with E-state index in [0.29, 0.717) is 6.54 Å². The molecule has 3 aliphatic rings. The summed E-state index contributed by atoms with van der Waals surface area (Å²) < 4.78 is 0. The molecule has 0 saturated carbocycles. The molecule has 0 bridgehead atoms. The average Bonchev–Trinajstić information content (AvgIpc) is 3.20. The molecule has 11 nitrogen and oxygen atoms in total. The summed E-state index contributed by atoms with van der Waals surface area (Å²) in [6.45, 7) is 3.86. The third kappa shape index (κ3) is 4.77. The van der Waals surface area contributed by atoms with Crippen molar-refractivity contribution >= 4 is 23.8 Å². The lowest BCUT2D eigenvalue weighted by molar-refractivity contribution is -0.122. The Morgan fingerprint density at radius 3 is 2.05 bits per heavy atom. The molecule has 2 fully saturated rings. The summed E-state index contributed by atoms with van der Waals surface area (Å²) in [6.07, 6.45) is 3.64. The Bertz CT molecular complexity index is 1380. The second kappa shape index (κ2) is 10.4. The van der Waals surface area contributed by atoms with Gasteiger partial charge in [0, 0.05) is 51.5 Å². The number of piperazine rings is 1. The molecule has 0 unspecified atom stereocenters. The summed E-state index contributed by atoms with van der Waals surface area (Å²) in [5.74, 6) is -1.55. The standard InChI is InChI=1S/C28H27N7O4/c36-24-9-12-34(28(39)31-24)35-26(37)20-8-7-19(17-21(20)27(35)38)18-32-13-15-33(16-14-32)25(22-5-1-3-10-29-22)23-6-2-4-11-30-23/h1-8,10-11,17,25H,9,12-16,18H2,(H,31,36,39). The summed E-state index contributed by atoms with van der Waals surface area (Å²) in [4.78, 5) is 63.7. The van der Waals surface area contributed by atoms with Crippen molar-refractivity contribution in [1.29, 1.82) is 0 Å². The van der Waals surface area contributed by atoms with Crippen molar-refractivity contribution in [3.8, 4) is 0 Å². The zero-order chi connectivity index (χ0) is 26.9. The molecule has 0 atom stereocenters. The van der Waals surface area contributed by atoms with Crippen LogP contribution >= 0.6 is 0 Å². The maximum atomic E-state index is 13.1. The number of imide groups is 2. The molecule has 5 heterocycles. The Balaban J connectivity index is 1.14. The van der Waals surface area contributed by atoms with Gasteiger partial charge < -0.3 is 0 Å². The summed E-state index contributed by atoms with van der Waals surface area (Å²) in [6, 6.07) is 16.3. The molecule has 11 heteroatoms. The highest BCUT2D eigenvalue weighted by atomic mass is 16.2. The normalized spacial score (nSPS) is 18.6. The highest BCUT2D eigenvalue weighted by molar-refractivity contribution is 6.22. The van der Waals surface area contributed by atoms with Crippen LogP contribution in [0.1, 0.15) is 50.1 Å². The van der Waals surface area contributed by atoms with Crippen LogP contribution in [0, 0.1) is 0 Å². The van der Waals surface area contributed by atoms with Crippen LogP contribution in [0.5, 0.6) is 0 Å². The van der Waals surface area contributed by atoms with E-state index in [1.165, 1.54) is 0 Å². The maximum Gasteiger partial charge on any atom is 0.343 e. The first-order chi connectivity index (χ1) is 19.0. The second-order valence-electron chi connectivity index (χ2n) is 9.75. The average molecular weight is 526 g/mol.